The zero-order valence-corrected chi connectivity index (χ0v) is 33.8. The number of hydrogen-bond donors (Lipinski definition) is 0. The minimum absolute atomic E-state index is 0.0224. The number of carbonyl (C=O) groups is 4. The van der Waals surface area contributed by atoms with Crippen molar-refractivity contribution in [2.75, 3.05) is 0 Å². The summed E-state index contributed by atoms with van der Waals surface area (Å²) in [4.78, 5) is 63.6. The van der Waals surface area contributed by atoms with E-state index >= 15 is 0 Å². The molecule has 0 radical (unpaired) electrons. The Bertz CT molecular complexity index is 2910. The van der Waals surface area contributed by atoms with E-state index in [9.17, 15) is 29.7 Å². The molecule has 286 valence electrons. The molecule has 2 aromatic heterocycles. The van der Waals surface area contributed by atoms with Gasteiger partial charge in [-0.3, -0.25) is 28.9 Å². The van der Waals surface area contributed by atoms with Crippen LogP contribution in [0.1, 0.15) is 99.8 Å². The Hall–Kier alpha value is -7.48. The molecule has 0 saturated heterocycles. The van der Waals surface area contributed by atoms with Crippen molar-refractivity contribution in [2.45, 2.75) is 38.9 Å². The minimum Gasteiger partial charge on any atom is -0.482 e. The second-order valence-electron chi connectivity index (χ2n) is 16.1. The van der Waals surface area contributed by atoms with Crippen LogP contribution in [0.15, 0.2) is 83.0 Å². The fourth-order valence-corrected chi connectivity index (χ4v) is 11.0. The molecule has 0 N–H and O–H groups in total. The van der Waals surface area contributed by atoms with Crippen LogP contribution in [0.2, 0.25) is 0 Å². The predicted molar refractivity (Wildman–Crippen MR) is 225 cm³/mol. The molecule has 0 fully saturated rings. The van der Waals surface area contributed by atoms with Gasteiger partial charge >= 0.3 is 0 Å². The molecule has 2 atom stereocenters. The van der Waals surface area contributed by atoms with E-state index in [0.29, 0.717) is 21.3 Å². The first-order chi connectivity index (χ1) is 28.6. The lowest BCUT2D eigenvalue weighted by Gasteiger charge is -2.42. The van der Waals surface area contributed by atoms with Gasteiger partial charge in [0.2, 0.25) is 0 Å². The molecule has 0 amide bonds. The first-order valence-corrected chi connectivity index (χ1v) is 20.4. The Labute approximate surface area is 351 Å². The number of benzene rings is 2. The highest BCUT2D eigenvalue weighted by Crippen LogP contribution is 2.56. The largest absolute Gasteiger partial charge is 0.482 e. The Kier molecular flexibility index (Phi) is 7.68. The maximum atomic E-state index is 13.5. The number of rotatable bonds is 2. The standard InChI is InChI=1S/C48H26N4O6S2/c1-47(2)35-11-22-8-32-36(48(3,4)58-40-16-26(60-46(32)40)14-34-43(55)29-17-37(51-5)38(52-6)18-30(29)44(34)56)12-21(22)7-31(35)45-39(57-47)15-25(59-45)13-33-41(53)27-9-23(19-49)24(20-50)10-28(27)42(33)54/h7-18,21-22H,1-4H3. The summed E-state index contributed by atoms with van der Waals surface area (Å²) in [5.41, 5.74) is 3.16. The van der Waals surface area contributed by atoms with Gasteiger partial charge in [0.1, 0.15) is 34.8 Å². The van der Waals surface area contributed by atoms with Crippen LogP contribution in [0.4, 0.5) is 11.4 Å². The molecule has 60 heavy (non-hydrogen) atoms. The molecular formula is C48H26N4O6S2. The molecule has 10 nitrogen and oxygen atoms in total. The average molecular weight is 819 g/mol. The number of ketones is 4. The highest BCUT2D eigenvalue weighted by molar-refractivity contribution is 7.15. The van der Waals surface area contributed by atoms with E-state index in [0.717, 1.165) is 32.0 Å². The van der Waals surface area contributed by atoms with Crippen LogP contribution in [-0.4, -0.2) is 34.3 Å². The number of ether oxygens (including phenoxy) is 2. The molecule has 2 unspecified atom stereocenters. The van der Waals surface area contributed by atoms with Crippen molar-refractivity contribution in [3.63, 3.8) is 0 Å². The topological polar surface area (TPSA) is 143 Å². The summed E-state index contributed by atoms with van der Waals surface area (Å²) in [7, 11) is 0. The molecule has 0 saturated carbocycles. The van der Waals surface area contributed by atoms with Crippen LogP contribution in [0.25, 0.3) is 33.0 Å². The highest BCUT2D eigenvalue weighted by Gasteiger charge is 2.45. The van der Waals surface area contributed by atoms with Crippen molar-refractivity contribution in [3.8, 4) is 23.6 Å². The maximum Gasteiger partial charge on any atom is 0.197 e. The predicted octanol–water partition coefficient (Wildman–Crippen LogP) is 10.5. The van der Waals surface area contributed by atoms with E-state index in [1.165, 1.54) is 46.9 Å². The van der Waals surface area contributed by atoms with E-state index in [1.54, 1.807) is 12.2 Å². The second kappa shape index (κ2) is 12.5. The summed E-state index contributed by atoms with van der Waals surface area (Å²) in [6, 6.07) is 12.8. The summed E-state index contributed by atoms with van der Waals surface area (Å²) < 4.78 is 13.2. The third kappa shape index (κ3) is 5.19. The molecule has 0 bridgehead atoms. The van der Waals surface area contributed by atoms with Gasteiger partial charge < -0.3 is 9.47 Å². The first kappa shape index (κ1) is 36.8. The fourth-order valence-electron chi connectivity index (χ4n) is 8.85. The van der Waals surface area contributed by atoms with Crippen molar-refractivity contribution < 1.29 is 28.7 Å². The smallest absolute Gasteiger partial charge is 0.197 e. The Morgan fingerprint density at radius 3 is 1.32 bits per heavy atom. The van der Waals surface area contributed by atoms with E-state index in [1.807, 2.05) is 52.0 Å². The van der Waals surface area contributed by atoms with E-state index < -0.39 is 34.3 Å². The van der Waals surface area contributed by atoms with Crippen LogP contribution < -0.4 is 9.47 Å². The van der Waals surface area contributed by atoms with E-state index in [-0.39, 0.29) is 67.7 Å². The van der Waals surface area contributed by atoms with Crippen LogP contribution in [-0.2, 0) is 0 Å². The first-order valence-electron chi connectivity index (χ1n) is 18.7. The van der Waals surface area contributed by atoms with E-state index in [2.05, 4.69) is 34.0 Å². The zero-order chi connectivity index (χ0) is 42.2. The van der Waals surface area contributed by atoms with Crippen LogP contribution in [0.3, 0.4) is 0 Å². The number of carbonyl (C=O) groups excluding carboxylic acids is 4. The molecule has 10 rings (SSSR count). The second-order valence-corrected chi connectivity index (χ2v) is 18.3. The number of nitriles is 2. The van der Waals surface area contributed by atoms with E-state index in [4.69, 9.17) is 22.6 Å². The number of thiophene rings is 2. The third-order valence-corrected chi connectivity index (χ3v) is 13.9. The summed E-state index contributed by atoms with van der Waals surface area (Å²) in [6.45, 7) is 22.9. The van der Waals surface area contributed by atoms with Crippen molar-refractivity contribution in [1.29, 1.82) is 10.5 Å². The van der Waals surface area contributed by atoms with Crippen LogP contribution in [0, 0.1) is 47.6 Å². The van der Waals surface area contributed by atoms with Crippen LogP contribution in [0.5, 0.6) is 11.5 Å². The lowest BCUT2D eigenvalue weighted by atomic mass is 9.70. The molecule has 2 aliphatic heterocycles. The van der Waals surface area contributed by atoms with Gasteiger partial charge in [-0.05, 0) is 86.4 Å². The SMILES string of the molecule is [C-]#[N+]c1cc2c(cc1[N+]#[C-])C(=O)C(=Cc1cc3c(s1)C1=CC4C=C5C(=CC4C=C1C(C)(C)O3)c1sc(C=C3C(=O)c4cc(C#N)c(C#N)cc4C3=O)cc1OC5(C)C)C2=O. The Balaban J connectivity index is 0.991. The number of hydrogen-bond acceptors (Lipinski definition) is 10. The average Bonchev–Trinajstić information content (AvgIpc) is 3.94. The molecule has 6 aliphatic rings. The van der Waals surface area contributed by atoms with Crippen LogP contribution >= 0.6 is 22.7 Å². The molecule has 2 aromatic carbocycles. The van der Waals surface area contributed by atoms with Crippen molar-refractivity contribution >= 4 is 80.5 Å². The third-order valence-electron chi connectivity index (χ3n) is 11.7. The van der Waals surface area contributed by atoms with Crippen molar-refractivity contribution in [3.05, 3.63) is 159 Å². The summed E-state index contributed by atoms with van der Waals surface area (Å²) in [5, 5.41) is 19.0. The lowest BCUT2D eigenvalue weighted by molar-refractivity contribution is 0.0975. The molecule has 12 heteroatoms. The summed E-state index contributed by atoms with van der Waals surface area (Å²) >= 11 is 2.84. The minimum atomic E-state index is -0.722. The quantitative estimate of drug-likeness (QED) is 0.110. The molecule has 0 spiro atoms. The van der Waals surface area contributed by atoms with Gasteiger partial charge in [0.15, 0.2) is 34.5 Å². The lowest BCUT2D eigenvalue weighted by Crippen LogP contribution is -2.39. The van der Waals surface area contributed by atoms with Gasteiger partial charge in [-0.15, -0.1) is 22.7 Å². The van der Waals surface area contributed by atoms with Gasteiger partial charge in [-0.2, -0.15) is 10.5 Å². The maximum absolute atomic E-state index is 13.5. The van der Waals surface area contributed by atoms with Crippen molar-refractivity contribution in [1.82, 2.24) is 0 Å². The molecular weight excluding hydrogens is 793 g/mol. The molecule has 4 aliphatic carbocycles. The molecule has 4 heterocycles. The number of allylic oxidation sites excluding steroid dienone is 6. The summed E-state index contributed by atoms with van der Waals surface area (Å²) in [5.74, 6) is -0.739. The van der Waals surface area contributed by atoms with Crippen molar-refractivity contribution in [2.24, 2.45) is 11.8 Å². The number of fused-ring (bicyclic) bond motifs is 9. The normalized spacial score (nSPS) is 20.6. The number of nitrogens with zero attached hydrogens (tertiary/aromatic N) is 4. The highest BCUT2D eigenvalue weighted by atomic mass is 32.1. The zero-order valence-electron chi connectivity index (χ0n) is 32.1. The summed E-state index contributed by atoms with van der Waals surface area (Å²) in [6.07, 6.45) is 12.1. The Morgan fingerprint density at radius 2 is 0.967 bits per heavy atom. The van der Waals surface area contributed by atoms with Gasteiger partial charge in [-0.1, -0.05) is 36.4 Å². The van der Waals surface area contributed by atoms with Gasteiger partial charge in [0, 0.05) is 43.8 Å². The molecule has 4 aromatic rings. The van der Waals surface area contributed by atoms with Gasteiger partial charge in [-0.25, -0.2) is 0 Å². The Morgan fingerprint density at radius 1 is 0.600 bits per heavy atom. The number of Topliss-reactive ketones (excluding diaryl/α,β-unsaturated/α-hetero) is 4. The van der Waals surface area contributed by atoms with Gasteiger partial charge in [0.25, 0.3) is 0 Å². The van der Waals surface area contributed by atoms with Gasteiger partial charge in [0.05, 0.1) is 45.2 Å². The fraction of sp³-hybridized carbons (Fsp3) is 0.167. The monoisotopic (exact) mass is 818 g/mol.